The summed E-state index contributed by atoms with van der Waals surface area (Å²) in [5.74, 6) is 2.79. The van der Waals surface area contributed by atoms with Gasteiger partial charge in [0, 0.05) is 24.8 Å². The number of rotatable bonds is 7. The first kappa shape index (κ1) is 16.1. The maximum atomic E-state index is 5.95. The molecule has 4 rings (SSSR count). The fourth-order valence-corrected chi connectivity index (χ4v) is 3.23. The van der Waals surface area contributed by atoms with E-state index in [0.29, 0.717) is 18.6 Å². The van der Waals surface area contributed by atoms with Crippen molar-refractivity contribution < 1.29 is 14.0 Å². The molecular weight excluding hydrogens is 316 g/mol. The molecule has 0 atom stereocenters. The predicted molar refractivity (Wildman–Crippen MR) is 94.8 cm³/mol. The Morgan fingerprint density at radius 3 is 2.84 bits per heavy atom. The van der Waals surface area contributed by atoms with Crippen LogP contribution in [0.25, 0.3) is 10.8 Å². The van der Waals surface area contributed by atoms with Crippen molar-refractivity contribution in [1.29, 1.82) is 0 Å². The SMILES string of the molecule is COC1CC(c2nc(CCCOc3cccc4ccccc34)no2)C1. The van der Waals surface area contributed by atoms with Crippen LogP contribution in [0.3, 0.4) is 0 Å². The molecule has 0 bridgehead atoms. The second-order valence-electron chi connectivity index (χ2n) is 6.50. The lowest BCUT2D eigenvalue weighted by molar-refractivity contribution is 0.0176. The molecular formula is C20H22N2O3. The van der Waals surface area contributed by atoms with Gasteiger partial charge in [-0.05, 0) is 30.7 Å². The first-order chi connectivity index (χ1) is 12.3. The van der Waals surface area contributed by atoms with Gasteiger partial charge in [0.05, 0.1) is 12.7 Å². The highest BCUT2D eigenvalue weighted by atomic mass is 16.5. The standard InChI is InChI=1S/C20H22N2O3/c1-23-16-12-15(13-16)20-21-19(22-25-20)10-5-11-24-18-9-4-7-14-6-2-3-8-17(14)18/h2-4,6-9,15-16H,5,10-13H2,1H3. The van der Waals surface area contributed by atoms with Crippen molar-refractivity contribution >= 4 is 10.8 Å². The number of nitrogens with zero attached hydrogens (tertiary/aromatic N) is 2. The molecule has 1 saturated carbocycles. The molecule has 1 aliphatic rings. The van der Waals surface area contributed by atoms with Crippen LogP contribution < -0.4 is 4.74 Å². The van der Waals surface area contributed by atoms with Gasteiger partial charge in [0.15, 0.2) is 5.82 Å². The molecule has 1 aromatic heterocycles. The van der Waals surface area contributed by atoms with E-state index in [1.165, 1.54) is 5.39 Å². The minimum atomic E-state index is 0.342. The Balaban J connectivity index is 1.28. The van der Waals surface area contributed by atoms with Gasteiger partial charge in [-0.15, -0.1) is 0 Å². The largest absolute Gasteiger partial charge is 0.493 e. The number of fused-ring (bicyclic) bond motifs is 1. The van der Waals surface area contributed by atoms with Gasteiger partial charge in [0.25, 0.3) is 0 Å². The summed E-state index contributed by atoms with van der Waals surface area (Å²) in [6.45, 7) is 0.632. The molecule has 0 spiro atoms. The van der Waals surface area contributed by atoms with Crippen LogP contribution in [-0.4, -0.2) is 30.0 Å². The molecule has 0 unspecified atom stereocenters. The lowest BCUT2D eigenvalue weighted by atomic mass is 9.82. The minimum Gasteiger partial charge on any atom is -0.493 e. The molecule has 0 radical (unpaired) electrons. The number of methoxy groups -OCH3 is 1. The quantitative estimate of drug-likeness (QED) is 0.606. The first-order valence-electron chi connectivity index (χ1n) is 8.79. The van der Waals surface area contributed by atoms with Crippen molar-refractivity contribution in [2.75, 3.05) is 13.7 Å². The third-order valence-corrected chi connectivity index (χ3v) is 4.81. The predicted octanol–water partition coefficient (Wildman–Crippen LogP) is 4.13. The summed E-state index contributed by atoms with van der Waals surface area (Å²) in [5.41, 5.74) is 0. The molecule has 0 N–H and O–H groups in total. The van der Waals surface area contributed by atoms with E-state index in [9.17, 15) is 0 Å². The fraction of sp³-hybridized carbons (Fsp3) is 0.400. The second-order valence-corrected chi connectivity index (χ2v) is 6.50. The zero-order valence-electron chi connectivity index (χ0n) is 14.4. The monoisotopic (exact) mass is 338 g/mol. The smallest absolute Gasteiger partial charge is 0.229 e. The van der Waals surface area contributed by atoms with Crippen molar-refractivity contribution in [3.05, 3.63) is 54.2 Å². The van der Waals surface area contributed by atoms with Crippen LogP contribution in [0.1, 0.15) is 36.9 Å². The van der Waals surface area contributed by atoms with Gasteiger partial charge in [0.2, 0.25) is 5.89 Å². The maximum Gasteiger partial charge on any atom is 0.229 e. The molecule has 2 aromatic carbocycles. The summed E-state index contributed by atoms with van der Waals surface area (Å²) in [5, 5.41) is 6.42. The first-order valence-corrected chi connectivity index (χ1v) is 8.79. The maximum absolute atomic E-state index is 5.95. The number of aromatic nitrogens is 2. The van der Waals surface area contributed by atoms with E-state index in [1.54, 1.807) is 7.11 Å². The van der Waals surface area contributed by atoms with E-state index in [-0.39, 0.29) is 0 Å². The van der Waals surface area contributed by atoms with Crippen LogP contribution in [0.5, 0.6) is 5.75 Å². The van der Waals surface area contributed by atoms with E-state index in [4.69, 9.17) is 14.0 Å². The lowest BCUT2D eigenvalue weighted by Gasteiger charge is -2.31. The van der Waals surface area contributed by atoms with Crippen molar-refractivity contribution in [2.24, 2.45) is 0 Å². The van der Waals surface area contributed by atoms with Gasteiger partial charge < -0.3 is 14.0 Å². The van der Waals surface area contributed by atoms with Gasteiger partial charge >= 0.3 is 0 Å². The van der Waals surface area contributed by atoms with Gasteiger partial charge in [0.1, 0.15) is 5.75 Å². The average Bonchev–Trinajstić information content (AvgIpc) is 3.06. The number of hydrogen-bond donors (Lipinski definition) is 0. The van der Waals surface area contributed by atoms with Crippen LogP contribution >= 0.6 is 0 Å². The minimum absolute atomic E-state index is 0.342. The highest BCUT2D eigenvalue weighted by molar-refractivity contribution is 5.88. The third-order valence-electron chi connectivity index (χ3n) is 4.81. The zero-order valence-corrected chi connectivity index (χ0v) is 14.4. The Bertz CT molecular complexity index is 834. The molecule has 5 heteroatoms. The molecule has 5 nitrogen and oxygen atoms in total. The van der Waals surface area contributed by atoms with Crippen LogP contribution in [0, 0.1) is 0 Å². The zero-order chi connectivity index (χ0) is 17.1. The number of ether oxygens (including phenoxy) is 2. The van der Waals surface area contributed by atoms with Gasteiger partial charge in [-0.3, -0.25) is 0 Å². The topological polar surface area (TPSA) is 57.4 Å². The molecule has 25 heavy (non-hydrogen) atoms. The Kier molecular flexibility index (Phi) is 4.65. The van der Waals surface area contributed by atoms with E-state index < -0.39 is 0 Å². The Morgan fingerprint density at radius 2 is 1.96 bits per heavy atom. The molecule has 0 saturated heterocycles. The Morgan fingerprint density at radius 1 is 1.12 bits per heavy atom. The molecule has 3 aromatic rings. The molecule has 0 amide bonds. The summed E-state index contributed by atoms with van der Waals surface area (Å²) < 4.78 is 16.6. The number of benzene rings is 2. The second kappa shape index (κ2) is 7.23. The van der Waals surface area contributed by atoms with Gasteiger partial charge in [-0.1, -0.05) is 41.6 Å². The van der Waals surface area contributed by atoms with Gasteiger partial charge in [-0.25, -0.2) is 0 Å². The molecule has 1 heterocycles. The Hall–Kier alpha value is -2.40. The third kappa shape index (κ3) is 3.51. The summed E-state index contributed by atoms with van der Waals surface area (Å²) >= 11 is 0. The van der Waals surface area contributed by atoms with Crippen molar-refractivity contribution in [3.63, 3.8) is 0 Å². The highest BCUT2D eigenvalue weighted by Crippen LogP contribution is 2.37. The van der Waals surface area contributed by atoms with Crippen LogP contribution in [0.15, 0.2) is 47.0 Å². The molecule has 1 aliphatic carbocycles. The fourth-order valence-electron chi connectivity index (χ4n) is 3.23. The van der Waals surface area contributed by atoms with Crippen LogP contribution in [-0.2, 0) is 11.2 Å². The Labute approximate surface area is 146 Å². The van der Waals surface area contributed by atoms with Crippen molar-refractivity contribution in [1.82, 2.24) is 10.1 Å². The number of aryl methyl sites for hydroxylation is 1. The summed E-state index contributed by atoms with van der Waals surface area (Å²) in [4.78, 5) is 4.51. The van der Waals surface area contributed by atoms with E-state index in [0.717, 1.165) is 48.5 Å². The number of hydrogen-bond acceptors (Lipinski definition) is 5. The van der Waals surface area contributed by atoms with E-state index in [2.05, 4.69) is 28.3 Å². The molecule has 1 fully saturated rings. The van der Waals surface area contributed by atoms with E-state index >= 15 is 0 Å². The average molecular weight is 338 g/mol. The van der Waals surface area contributed by atoms with Gasteiger partial charge in [-0.2, -0.15) is 4.98 Å². The lowest BCUT2D eigenvalue weighted by Crippen LogP contribution is -2.28. The normalized spacial score (nSPS) is 19.7. The summed E-state index contributed by atoms with van der Waals surface area (Å²) in [6.07, 6.45) is 3.90. The van der Waals surface area contributed by atoms with Crippen molar-refractivity contribution in [3.8, 4) is 5.75 Å². The molecule has 0 aliphatic heterocycles. The van der Waals surface area contributed by atoms with Crippen LogP contribution in [0.4, 0.5) is 0 Å². The summed E-state index contributed by atoms with van der Waals surface area (Å²) in [7, 11) is 1.75. The van der Waals surface area contributed by atoms with Crippen LogP contribution in [0.2, 0.25) is 0 Å². The molecule has 130 valence electrons. The summed E-state index contributed by atoms with van der Waals surface area (Å²) in [6, 6.07) is 14.4. The van der Waals surface area contributed by atoms with Crippen molar-refractivity contribution in [2.45, 2.75) is 37.7 Å². The highest BCUT2D eigenvalue weighted by Gasteiger charge is 2.34. The van der Waals surface area contributed by atoms with E-state index in [1.807, 2.05) is 24.3 Å².